The fourth-order valence-corrected chi connectivity index (χ4v) is 4.98. The number of nitrogens with one attached hydrogen (secondary N) is 2. The van der Waals surface area contributed by atoms with Gasteiger partial charge in [0.2, 0.25) is 0 Å². The molecule has 1 atom stereocenters. The molecule has 0 spiro atoms. The molecule has 4 nitrogen and oxygen atoms in total. The van der Waals surface area contributed by atoms with E-state index in [2.05, 4.69) is 45.0 Å². The summed E-state index contributed by atoms with van der Waals surface area (Å²) in [4.78, 5) is 12.9. The maximum atomic E-state index is 4.52. The van der Waals surface area contributed by atoms with Gasteiger partial charge >= 0.3 is 0 Å². The van der Waals surface area contributed by atoms with Crippen molar-refractivity contribution in [2.24, 2.45) is 0 Å². The van der Waals surface area contributed by atoms with Gasteiger partial charge in [-0.2, -0.15) is 0 Å². The monoisotopic (exact) mass is 402 g/mol. The first-order valence-corrected chi connectivity index (χ1v) is 9.26. The summed E-state index contributed by atoms with van der Waals surface area (Å²) in [5.41, 5.74) is 1.44. The third kappa shape index (κ3) is 3.83. The molecule has 2 N–H and O–H groups in total. The van der Waals surface area contributed by atoms with Crippen LogP contribution in [-0.4, -0.2) is 22.6 Å². The van der Waals surface area contributed by atoms with E-state index in [0.717, 1.165) is 36.6 Å². The van der Waals surface area contributed by atoms with Crippen molar-refractivity contribution < 1.29 is 0 Å². The fraction of sp³-hybridized carbons (Fsp3) is 0.375. The number of thiophene rings is 2. The second kappa shape index (κ2) is 8.45. The summed E-state index contributed by atoms with van der Waals surface area (Å²) in [6.07, 6.45) is 3.77. The number of hydrogen-bond donors (Lipinski definition) is 2. The molecule has 4 rings (SSSR count). The van der Waals surface area contributed by atoms with Gasteiger partial charge in [0.25, 0.3) is 0 Å². The van der Waals surface area contributed by atoms with E-state index in [1.54, 1.807) is 17.7 Å². The van der Waals surface area contributed by atoms with Crippen LogP contribution < -0.4 is 10.6 Å². The molecule has 0 amide bonds. The molecule has 130 valence electrons. The van der Waals surface area contributed by atoms with Crippen LogP contribution in [0, 0.1) is 0 Å². The van der Waals surface area contributed by atoms with Crippen LogP contribution in [0.2, 0.25) is 0 Å². The van der Waals surface area contributed by atoms with Gasteiger partial charge in [-0.1, -0.05) is 6.07 Å². The summed E-state index contributed by atoms with van der Waals surface area (Å²) in [7, 11) is 0. The van der Waals surface area contributed by atoms with E-state index in [4.69, 9.17) is 0 Å². The topological polar surface area (TPSA) is 49.8 Å². The van der Waals surface area contributed by atoms with Crippen molar-refractivity contribution in [3.63, 3.8) is 0 Å². The zero-order chi connectivity index (χ0) is 14.9. The Morgan fingerprint density at radius 3 is 3.00 bits per heavy atom. The van der Waals surface area contributed by atoms with Crippen LogP contribution in [0.25, 0.3) is 10.2 Å². The molecule has 24 heavy (non-hydrogen) atoms. The summed E-state index contributed by atoms with van der Waals surface area (Å²) in [5.74, 6) is 0.994. The van der Waals surface area contributed by atoms with Gasteiger partial charge in [0.1, 0.15) is 17.0 Å². The standard InChI is InChI=1S/C16H18N4S2.2ClH/c1-10(7-11-3-2-6-21-11)20-15-14-12-4-5-17-8-13(12)22-16(14)19-9-18-15;;/h2-3,6,9-10,17H,4-5,7-8H2,1H3,(H,18,19,20);2*1H. The first-order valence-electron chi connectivity index (χ1n) is 7.56. The Kier molecular flexibility index (Phi) is 6.83. The normalized spacial score (nSPS) is 14.4. The molecule has 8 heteroatoms. The maximum Gasteiger partial charge on any atom is 0.138 e. The highest BCUT2D eigenvalue weighted by Gasteiger charge is 2.20. The van der Waals surface area contributed by atoms with Crippen molar-refractivity contribution in [1.29, 1.82) is 0 Å². The molecule has 0 radical (unpaired) electrons. The van der Waals surface area contributed by atoms with E-state index < -0.39 is 0 Å². The van der Waals surface area contributed by atoms with Gasteiger partial charge in [-0.3, -0.25) is 0 Å². The summed E-state index contributed by atoms with van der Waals surface area (Å²) < 4.78 is 0. The molecule has 0 aliphatic carbocycles. The van der Waals surface area contributed by atoms with E-state index in [1.165, 1.54) is 20.7 Å². The molecule has 3 aromatic heterocycles. The van der Waals surface area contributed by atoms with Crippen molar-refractivity contribution in [3.8, 4) is 0 Å². The average Bonchev–Trinajstić information content (AvgIpc) is 3.14. The fourth-order valence-electron chi connectivity index (χ4n) is 2.98. The second-order valence-electron chi connectivity index (χ2n) is 5.66. The number of hydrogen-bond acceptors (Lipinski definition) is 6. The molecule has 0 bridgehead atoms. The van der Waals surface area contributed by atoms with Crippen LogP contribution in [0.5, 0.6) is 0 Å². The molecular formula is C16H20Cl2N4S2. The molecule has 0 fully saturated rings. The van der Waals surface area contributed by atoms with Crippen LogP contribution in [0.3, 0.4) is 0 Å². The molecule has 0 aromatic carbocycles. The van der Waals surface area contributed by atoms with E-state index in [9.17, 15) is 0 Å². The van der Waals surface area contributed by atoms with Crippen molar-refractivity contribution in [2.45, 2.75) is 32.4 Å². The lowest BCUT2D eigenvalue weighted by molar-refractivity contribution is 0.657. The first kappa shape index (κ1) is 19.4. The van der Waals surface area contributed by atoms with E-state index in [1.807, 2.05) is 11.3 Å². The summed E-state index contributed by atoms with van der Waals surface area (Å²) >= 11 is 3.61. The first-order chi connectivity index (χ1) is 10.8. The number of halogens is 2. The Morgan fingerprint density at radius 2 is 2.21 bits per heavy atom. The Morgan fingerprint density at radius 1 is 1.33 bits per heavy atom. The smallest absolute Gasteiger partial charge is 0.138 e. The SMILES string of the molecule is CC(Cc1cccs1)Nc1ncnc2sc3c(c12)CCNC3.Cl.Cl. The zero-order valence-corrected chi connectivity index (χ0v) is 16.5. The van der Waals surface area contributed by atoms with Crippen molar-refractivity contribution >= 4 is 63.5 Å². The molecule has 4 heterocycles. The predicted octanol–water partition coefficient (Wildman–Crippen LogP) is 4.29. The molecule has 1 unspecified atom stereocenters. The maximum absolute atomic E-state index is 4.52. The predicted molar refractivity (Wildman–Crippen MR) is 108 cm³/mol. The molecular weight excluding hydrogens is 383 g/mol. The highest BCUT2D eigenvalue weighted by atomic mass is 35.5. The van der Waals surface area contributed by atoms with Gasteiger partial charge in [0, 0.05) is 28.8 Å². The highest BCUT2D eigenvalue weighted by molar-refractivity contribution is 7.19. The number of rotatable bonds is 4. The van der Waals surface area contributed by atoms with Gasteiger partial charge in [-0.25, -0.2) is 9.97 Å². The van der Waals surface area contributed by atoms with Gasteiger partial charge in [-0.15, -0.1) is 47.5 Å². The van der Waals surface area contributed by atoms with Crippen LogP contribution in [0.4, 0.5) is 5.82 Å². The molecule has 1 aliphatic heterocycles. The molecule has 3 aromatic rings. The molecule has 0 saturated carbocycles. The zero-order valence-electron chi connectivity index (χ0n) is 13.2. The van der Waals surface area contributed by atoms with Gasteiger partial charge in [0.05, 0.1) is 5.39 Å². The van der Waals surface area contributed by atoms with E-state index in [0.29, 0.717) is 6.04 Å². The summed E-state index contributed by atoms with van der Waals surface area (Å²) in [5, 5.41) is 10.4. The van der Waals surface area contributed by atoms with Crippen molar-refractivity contribution in [2.75, 3.05) is 11.9 Å². The Balaban J connectivity index is 0.00000104. The number of fused-ring (bicyclic) bond motifs is 3. The minimum Gasteiger partial charge on any atom is -0.367 e. The lowest BCUT2D eigenvalue weighted by Gasteiger charge is -2.16. The Labute approximate surface area is 161 Å². The average molecular weight is 403 g/mol. The minimum atomic E-state index is 0. The number of anilines is 1. The van der Waals surface area contributed by atoms with Crippen molar-refractivity contribution in [3.05, 3.63) is 39.2 Å². The van der Waals surface area contributed by atoms with E-state index >= 15 is 0 Å². The van der Waals surface area contributed by atoms with Gasteiger partial charge < -0.3 is 10.6 Å². The number of aromatic nitrogens is 2. The third-order valence-corrected chi connectivity index (χ3v) is 6.02. The Bertz CT molecular complexity index is 789. The molecule has 0 saturated heterocycles. The summed E-state index contributed by atoms with van der Waals surface area (Å²) in [6, 6.07) is 4.66. The quantitative estimate of drug-likeness (QED) is 0.683. The third-order valence-electron chi connectivity index (χ3n) is 3.98. The lowest BCUT2D eigenvalue weighted by atomic mass is 10.1. The lowest BCUT2D eigenvalue weighted by Crippen LogP contribution is -2.22. The second-order valence-corrected chi connectivity index (χ2v) is 7.78. The van der Waals surface area contributed by atoms with Crippen LogP contribution in [0.1, 0.15) is 22.2 Å². The van der Waals surface area contributed by atoms with Crippen molar-refractivity contribution in [1.82, 2.24) is 15.3 Å². The van der Waals surface area contributed by atoms with Crippen LogP contribution >= 0.6 is 47.5 Å². The van der Waals surface area contributed by atoms with Crippen LogP contribution in [0.15, 0.2) is 23.8 Å². The van der Waals surface area contributed by atoms with Gasteiger partial charge in [-0.05, 0) is 36.9 Å². The minimum absolute atomic E-state index is 0. The number of nitrogens with zero attached hydrogens (tertiary/aromatic N) is 2. The largest absolute Gasteiger partial charge is 0.367 e. The van der Waals surface area contributed by atoms with Crippen LogP contribution in [-0.2, 0) is 19.4 Å². The van der Waals surface area contributed by atoms with E-state index in [-0.39, 0.29) is 24.8 Å². The Hall–Kier alpha value is -0.920. The molecule has 1 aliphatic rings. The highest BCUT2D eigenvalue weighted by Crippen LogP contribution is 2.35. The summed E-state index contributed by atoms with van der Waals surface area (Å²) in [6.45, 7) is 4.21. The van der Waals surface area contributed by atoms with Gasteiger partial charge in [0.15, 0.2) is 0 Å².